The summed E-state index contributed by atoms with van der Waals surface area (Å²) in [5, 5.41) is 16.5. The number of benzene rings is 1. The molecule has 0 radical (unpaired) electrons. The number of hydrogen-bond donors (Lipinski definition) is 1. The van der Waals surface area contributed by atoms with Gasteiger partial charge in [-0.05, 0) is 44.0 Å². The lowest BCUT2D eigenvalue weighted by Gasteiger charge is -2.29. The van der Waals surface area contributed by atoms with E-state index in [-0.39, 0.29) is 5.91 Å². The Morgan fingerprint density at radius 2 is 2.08 bits per heavy atom. The van der Waals surface area contributed by atoms with Gasteiger partial charge in [0.15, 0.2) is 0 Å². The van der Waals surface area contributed by atoms with Crippen molar-refractivity contribution in [1.82, 2.24) is 20.0 Å². The average Bonchev–Trinajstić information content (AvgIpc) is 3.12. The van der Waals surface area contributed by atoms with Crippen LogP contribution in [0.1, 0.15) is 31.4 Å². The van der Waals surface area contributed by atoms with Crippen molar-refractivity contribution in [3.8, 4) is 11.8 Å². The Balaban J connectivity index is 1.60. The highest BCUT2D eigenvalue weighted by molar-refractivity contribution is 5.78. The number of likely N-dealkylation sites (tertiary alicyclic amines) is 1. The molecule has 1 aliphatic heterocycles. The summed E-state index contributed by atoms with van der Waals surface area (Å²) in [6, 6.07) is 11.1. The van der Waals surface area contributed by atoms with Crippen LogP contribution in [0.25, 0.3) is 5.69 Å². The van der Waals surface area contributed by atoms with E-state index in [1.54, 1.807) is 17.1 Å². The van der Waals surface area contributed by atoms with Gasteiger partial charge in [0, 0.05) is 11.8 Å². The Hall–Kier alpha value is -2.65. The zero-order chi connectivity index (χ0) is 17.6. The first kappa shape index (κ1) is 17.2. The summed E-state index contributed by atoms with van der Waals surface area (Å²) in [7, 11) is 0. The minimum Gasteiger partial charge on any atom is -0.335 e. The minimum absolute atomic E-state index is 0.117. The number of carbonyl (C=O) groups is 1. The number of nitriles is 1. The molecule has 1 atom stereocenters. The van der Waals surface area contributed by atoms with Crippen molar-refractivity contribution in [2.75, 3.05) is 19.6 Å². The second-order valence-corrected chi connectivity index (χ2v) is 6.64. The summed E-state index contributed by atoms with van der Waals surface area (Å²) < 4.78 is 1.71. The van der Waals surface area contributed by atoms with Crippen LogP contribution >= 0.6 is 0 Å². The lowest BCUT2D eigenvalue weighted by molar-refractivity contribution is -0.123. The molecular weight excluding hydrogens is 314 g/mol. The van der Waals surface area contributed by atoms with Crippen LogP contribution in [0, 0.1) is 17.2 Å². The standard InChI is InChI=1S/C19H23N5O/c1-15-7-9-23(10-8-15)14-19(25)22-18(11-20)16-12-21-24(13-16)17-5-3-2-4-6-17/h2-6,12-13,15,18H,7-10,14H2,1H3,(H,22,25)/t18-/m0/s1. The fourth-order valence-electron chi connectivity index (χ4n) is 3.03. The molecule has 1 saturated heterocycles. The zero-order valence-electron chi connectivity index (χ0n) is 14.4. The van der Waals surface area contributed by atoms with E-state index in [0.29, 0.717) is 12.1 Å². The van der Waals surface area contributed by atoms with Gasteiger partial charge in [0.25, 0.3) is 0 Å². The van der Waals surface area contributed by atoms with E-state index in [0.717, 1.165) is 37.5 Å². The normalized spacial score (nSPS) is 17.0. The first-order chi connectivity index (χ1) is 12.2. The van der Waals surface area contributed by atoms with Gasteiger partial charge in [0.05, 0.1) is 24.5 Å². The third kappa shape index (κ3) is 4.46. The van der Waals surface area contributed by atoms with E-state index in [4.69, 9.17) is 0 Å². The third-order valence-corrected chi connectivity index (χ3v) is 4.63. The van der Waals surface area contributed by atoms with Gasteiger partial charge in [-0.15, -0.1) is 0 Å². The molecule has 0 saturated carbocycles. The maximum Gasteiger partial charge on any atom is 0.235 e. The number of nitrogens with one attached hydrogen (secondary N) is 1. The maximum atomic E-state index is 12.3. The van der Waals surface area contributed by atoms with E-state index in [2.05, 4.69) is 28.3 Å². The molecule has 1 aliphatic rings. The third-order valence-electron chi connectivity index (χ3n) is 4.63. The molecule has 0 spiro atoms. The largest absolute Gasteiger partial charge is 0.335 e. The molecule has 1 aromatic heterocycles. The lowest BCUT2D eigenvalue weighted by atomic mass is 9.99. The van der Waals surface area contributed by atoms with Gasteiger partial charge >= 0.3 is 0 Å². The van der Waals surface area contributed by atoms with Crippen molar-refractivity contribution >= 4 is 5.91 Å². The summed E-state index contributed by atoms with van der Waals surface area (Å²) >= 11 is 0. The van der Waals surface area contributed by atoms with Crippen LogP contribution in [-0.2, 0) is 4.79 Å². The van der Waals surface area contributed by atoms with Gasteiger partial charge < -0.3 is 5.32 Å². The molecule has 25 heavy (non-hydrogen) atoms. The molecule has 6 nitrogen and oxygen atoms in total. The molecule has 2 aromatic rings. The molecule has 6 heteroatoms. The Morgan fingerprint density at radius 3 is 2.76 bits per heavy atom. The summed E-state index contributed by atoms with van der Waals surface area (Å²) in [6.07, 6.45) is 5.66. The molecule has 1 aromatic carbocycles. The fourth-order valence-corrected chi connectivity index (χ4v) is 3.03. The number of aromatic nitrogens is 2. The van der Waals surface area contributed by atoms with Crippen molar-refractivity contribution < 1.29 is 4.79 Å². The number of carbonyl (C=O) groups excluding carboxylic acids is 1. The van der Waals surface area contributed by atoms with Crippen LogP contribution in [-0.4, -0.2) is 40.2 Å². The fraction of sp³-hybridized carbons (Fsp3) is 0.421. The highest BCUT2D eigenvalue weighted by Gasteiger charge is 2.21. The average molecular weight is 337 g/mol. The lowest BCUT2D eigenvalue weighted by Crippen LogP contribution is -2.42. The van der Waals surface area contributed by atoms with Crippen LogP contribution < -0.4 is 5.32 Å². The predicted molar refractivity (Wildman–Crippen MR) is 94.9 cm³/mol. The molecule has 0 bridgehead atoms. The topological polar surface area (TPSA) is 74.0 Å². The van der Waals surface area contributed by atoms with Crippen LogP contribution in [0.4, 0.5) is 0 Å². The van der Waals surface area contributed by atoms with E-state index < -0.39 is 6.04 Å². The number of amides is 1. The highest BCUT2D eigenvalue weighted by Crippen LogP contribution is 2.17. The van der Waals surface area contributed by atoms with E-state index in [9.17, 15) is 10.1 Å². The molecular formula is C19H23N5O. The van der Waals surface area contributed by atoms with Crippen molar-refractivity contribution in [2.45, 2.75) is 25.8 Å². The Labute approximate surface area is 148 Å². The second-order valence-electron chi connectivity index (χ2n) is 6.64. The van der Waals surface area contributed by atoms with Gasteiger partial charge in [-0.25, -0.2) is 4.68 Å². The monoisotopic (exact) mass is 337 g/mol. The summed E-state index contributed by atoms with van der Waals surface area (Å²) in [5.74, 6) is 0.614. The molecule has 1 fully saturated rings. The van der Waals surface area contributed by atoms with Gasteiger partial charge in [0.1, 0.15) is 6.04 Å². The van der Waals surface area contributed by atoms with Crippen molar-refractivity contribution in [2.24, 2.45) is 5.92 Å². The zero-order valence-corrected chi connectivity index (χ0v) is 14.4. The highest BCUT2D eigenvalue weighted by atomic mass is 16.2. The molecule has 0 unspecified atom stereocenters. The SMILES string of the molecule is CC1CCN(CC(=O)N[C@@H](C#N)c2cnn(-c3ccccc3)c2)CC1. The smallest absolute Gasteiger partial charge is 0.235 e. The quantitative estimate of drug-likeness (QED) is 0.908. The molecule has 0 aliphatic carbocycles. The Kier molecular flexibility index (Phi) is 5.46. The molecule has 1 N–H and O–H groups in total. The molecule has 130 valence electrons. The van der Waals surface area contributed by atoms with Gasteiger partial charge in [-0.3, -0.25) is 9.69 Å². The van der Waals surface area contributed by atoms with Gasteiger partial charge in [-0.1, -0.05) is 25.1 Å². The molecule has 2 heterocycles. The van der Waals surface area contributed by atoms with Crippen molar-refractivity contribution in [1.29, 1.82) is 5.26 Å². The van der Waals surface area contributed by atoms with E-state index in [1.165, 1.54) is 0 Å². The predicted octanol–water partition coefficient (Wildman–Crippen LogP) is 2.29. The van der Waals surface area contributed by atoms with Crippen LogP contribution in [0.2, 0.25) is 0 Å². The van der Waals surface area contributed by atoms with E-state index in [1.807, 2.05) is 30.3 Å². The van der Waals surface area contributed by atoms with E-state index >= 15 is 0 Å². The van der Waals surface area contributed by atoms with Gasteiger partial charge in [-0.2, -0.15) is 10.4 Å². The maximum absolute atomic E-state index is 12.3. The second kappa shape index (κ2) is 7.95. The number of rotatable bonds is 5. The number of piperidine rings is 1. The van der Waals surface area contributed by atoms with Gasteiger partial charge in [0.2, 0.25) is 5.91 Å². The summed E-state index contributed by atoms with van der Waals surface area (Å²) in [4.78, 5) is 14.4. The first-order valence-electron chi connectivity index (χ1n) is 8.67. The first-order valence-corrected chi connectivity index (χ1v) is 8.67. The van der Waals surface area contributed by atoms with Crippen LogP contribution in [0.5, 0.6) is 0 Å². The Morgan fingerprint density at radius 1 is 1.36 bits per heavy atom. The number of hydrogen-bond acceptors (Lipinski definition) is 4. The Bertz CT molecular complexity index is 741. The summed E-state index contributed by atoms with van der Waals surface area (Å²) in [6.45, 7) is 4.47. The van der Waals surface area contributed by atoms with Crippen molar-refractivity contribution in [3.63, 3.8) is 0 Å². The van der Waals surface area contributed by atoms with Crippen LogP contribution in [0.3, 0.4) is 0 Å². The summed E-state index contributed by atoms with van der Waals surface area (Å²) in [5.41, 5.74) is 1.60. The number of para-hydroxylation sites is 1. The number of nitrogens with zero attached hydrogens (tertiary/aromatic N) is 4. The molecule has 1 amide bonds. The van der Waals surface area contributed by atoms with Crippen LogP contribution in [0.15, 0.2) is 42.7 Å². The van der Waals surface area contributed by atoms with Crippen molar-refractivity contribution in [3.05, 3.63) is 48.3 Å². The molecule has 3 rings (SSSR count). The minimum atomic E-state index is -0.686.